The molecule has 37 heavy (non-hydrogen) atoms. The van der Waals surface area contributed by atoms with Crippen LogP contribution in [0.25, 0.3) is 22.5 Å². The van der Waals surface area contributed by atoms with E-state index in [9.17, 15) is 9.18 Å². The molecule has 0 radical (unpaired) electrons. The van der Waals surface area contributed by atoms with Gasteiger partial charge in [-0.05, 0) is 58.8 Å². The van der Waals surface area contributed by atoms with Crippen LogP contribution in [0.3, 0.4) is 0 Å². The molecule has 0 aliphatic carbocycles. The van der Waals surface area contributed by atoms with E-state index in [1.54, 1.807) is 30.7 Å². The highest BCUT2D eigenvalue weighted by Gasteiger charge is 2.23. The van der Waals surface area contributed by atoms with Crippen molar-refractivity contribution in [2.45, 2.75) is 44.8 Å². The van der Waals surface area contributed by atoms with Crippen molar-refractivity contribution in [1.82, 2.24) is 25.2 Å². The first kappa shape index (κ1) is 26.9. The number of hydrogen-bond donors (Lipinski definition) is 1. The zero-order valence-electron chi connectivity index (χ0n) is 21.8. The average molecular weight is 525 g/mol. The molecule has 3 aromatic rings. The van der Waals surface area contributed by atoms with Gasteiger partial charge in [-0.1, -0.05) is 35.9 Å². The van der Waals surface area contributed by atoms with Gasteiger partial charge in [-0.2, -0.15) is 0 Å². The van der Waals surface area contributed by atoms with Crippen LogP contribution in [0.2, 0.25) is 5.02 Å². The Morgan fingerprint density at radius 3 is 2.57 bits per heavy atom. The summed E-state index contributed by atoms with van der Waals surface area (Å²) in [6.45, 7) is 5.03. The van der Waals surface area contributed by atoms with Gasteiger partial charge in [0.05, 0.1) is 23.5 Å². The zero-order chi connectivity index (χ0) is 26.6. The van der Waals surface area contributed by atoms with E-state index in [1.165, 1.54) is 13.8 Å². The molecule has 196 valence electrons. The highest BCUT2D eigenvalue weighted by atomic mass is 35.5. The molecule has 9 heteroatoms. The molecular weight excluding hydrogens is 491 g/mol. The minimum atomic E-state index is -1.43. The molecule has 0 spiro atoms. The number of halogens is 2. The van der Waals surface area contributed by atoms with Crippen molar-refractivity contribution in [3.8, 4) is 22.5 Å². The number of anilines is 1. The number of alkyl halides is 1. The van der Waals surface area contributed by atoms with Crippen molar-refractivity contribution in [1.29, 1.82) is 0 Å². The molecule has 3 heterocycles. The Balaban J connectivity index is 1.62. The van der Waals surface area contributed by atoms with Crippen LogP contribution in [0.5, 0.6) is 0 Å². The number of nitrogens with one attached hydrogen (secondary N) is 1. The fourth-order valence-corrected chi connectivity index (χ4v) is 4.76. The average Bonchev–Trinajstić information content (AvgIpc) is 3.08. The van der Waals surface area contributed by atoms with E-state index in [0.29, 0.717) is 28.5 Å². The van der Waals surface area contributed by atoms with Gasteiger partial charge in [0.25, 0.3) is 0 Å². The number of carbonyl (C=O) groups is 1. The van der Waals surface area contributed by atoms with E-state index >= 15 is 0 Å². The second-order valence-corrected chi connectivity index (χ2v) is 10.7. The summed E-state index contributed by atoms with van der Waals surface area (Å²) in [4.78, 5) is 30.3. The van der Waals surface area contributed by atoms with Gasteiger partial charge in [0, 0.05) is 42.7 Å². The summed E-state index contributed by atoms with van der Waals surface area (Å²) >= 11 is 6.53. The van der Waals surface area contributed by atoms with Crippen LogP contribution in [-0.4, -0.2) is 65.5 Å². The Morgan fingerprint density at radius 1 is 1.14 bits per heavy atom. The molecule has 1 aliphatic heterocycles. The first-order valence-electron chi connectivity index (χ1n) is 12.6. The number of hydrogen-bond acceptors (Lipinski definition) is 6. The van der Waals surface area contributed by atoms with Crippen molar-refractivity contribution in [3.05, 3.63) is 59.5 Å². The Morgan fingerprint density at radius 2 is 1.89 bits per heavy atom. The zero-order valence-corrected chi connectivity index (χ0v) is 22.6. The standard InChI is InChI=1S/C28H34ClFN6O/c1-28(2,30)20-9-7-19(8-10-20)26-27(22-11-13-31-16-23(22)29)34-24(17-32-26)36-14-5-6-21(12-15-36)33-25(37)18-35(3)4/h7-11,13,16-17,21H,5-6,12,14-15,18H2,1-4H3,(H,33,37). The summed E-state index contributed by atoms with van der Waals surface area (Å²) in [6, 6.07) is 9.26. The van der Waals surface area contributed by atoms with Crippen LogP contribution in [0.4, 0.5) is 10.2 Å². The number of rotatable bonds is 7. The Hall–Kier alpha value is -3.10. The number of pyridine rings is 1. The molecule has 1 unspecified atom stereocenters. The second kappa shape index (κ2) is 11.5. The molecule has 2 aromatic heterocycles. The third-order valence-electron chi connectivity index (χ3n) is 6.51. The minimum absolute atomic E-state index is 0.0457. The second-order valence-electron chi connectivity index (χ2n) is 10.3. The molecule has 0 saturated carbocycles. The van der Waals surface area contributed by atoms with E-state index in [1.807, 2.05) is 37.2 Å². The Kier molecular flexibility index (Phi) is 8.39. The molecule has 4 rings (SSSR count). The molecule has 1 atom stereocenters. The predicted octanol–water partition coefficient (Wildman–Crippen LogP) is 5.10. The number of aromatic nitrogens is 3. The lowest BCUT2D eigenvalue weighted by Crippen LogP contribution is -2.40. The van der Waals surface area contributed by atoms with Crippen molar-refractivity contribution in [2.75, 3.05) is 38.6 Å². The number of nitrogens with zero attached hydrogens (tertiary/aromatic N) is 5. The molecule has 1 N–H and O–H groups in total. The third kappa shape index (κ3) is 6.81. The maximum Gasteiger partial charge on any atom is 0.234 e. The van der Waals surface area contributed by atoms with Crippen LogP contribution >= 0.6 is 11.6 Å². The van der Waals surface area contributed by atoms with Gasteiger partial charge in [-0.25, -0.2) is 9.37 Å². The van der Waals surface area contributed by atoms with Crippen LogP contribution in [0.1, 0.15) is 38.7 Å². The van der Waals surface area contributed by atoms with Crippen molar-refractivity contribution < 1.29 is 9.18 Å². The van der Waals surface area contributed by atoms with E-state index in [-0.39, 0.29) is 11.9 Å². The fraction of sp³-hybridized carbons (Fsp3) is 0.429. The lowest BCUT2D eigenvalue weighted by atomic mass is 9.97. The van der Waals surface area contributed by atoms with Gasteiger partial charge < -0.3 is 15.1 Å². The van der Waals surface area contributed by atoms with E-state index in [4.69, 9.17) is 21.6 Å². The van der Waals surface area contributed by atoms with Gasteiger partial charge in [0.1, 0.15) is 17.2 Å². The number of likely N-dealkylation sites (N-methyl/N-ethyl adjacent to an activating group) is 1. The SMILES string of the molecule is CN(C)CC(=O)NC1CCCN(c2cnc(-c3ccc(C(C)(C)F)cc3)c(-c3ccncc3Cl)n2)CC1. The van der Waals surface area contributed by atoms with Crippen molar-refractivity contribution >= 4 is 23.3 Å². The lowest BCUT2D eigenvalue weighted by Gasteiger charge is -2.23. The molecule has 1 saturated heterocycles. The quantitative estimate of drug-likeness (QED) is 0.463. The van der Waals surface area contributed by atoms with E-state index < -0.39 is 5.67 Å². The summed E-state index contributed by atoms with van der Waals surface area (Å²) in [7, 11) is 3.78. The predicted molar refractivity (Wildman–Crippen MR) is 146 cm³/mol. The van der Waals surface area contributed by atoms with Crippen molar-refractivity contribution in [3.63, 3.8) is 0 Å². The van der Waals surface area contributed by atoms with Gasteiger partial charge in [0.15, 0.2) is 0 Å². The Bertz CT molecular complexity index is 1230. The van der Waals surface area contributed by atoms with Gasteiger partial charge in [0.2, 0.25) is 5.91 Å². The monoisotopic (exact) mass is 524 g/mol. The van der Waals surface area contributed by atoms with Crippen LogP contribution in [0.15, 0.2) is 48.9 Å². The van der Waals surface area contributed by atoms with Gasteiger partial charge >= 0.3 is 0 Å². The first-order valence-corrected chi connectivity index (χ1v) is 13.0. The highest BCUT2D eigenvalue weighted by Crippen LogP contribution is 2.35. The Labute approximate surface area is 223 Å². The summed E-state index contributed by atoms with van der Waals surface area (Å²) in [6.07, 6.45) is 7.74. The summed E-state index contributed by atoms with van der Waals surface area (Å²) in [5, 5.41) is 3.64. The summed E-state index contributed by atoms with van der Waals surface area (Å²) < 4.78 is 14.4. The lowest BCUT2D eigenvalue weighted by molar-refractivity contribution is -0.122. The van der Waals surface area contributed by atoms with Crippen molar-refractivity contribution in [2.24, 2.45) is 0 Å². The van der Waals surface area contributed by atoms with Crippen LogP contribution in [-0.2, 0) is 10.5 Å². The largest absolute Gasteiger partial charge is 0.355 e. The molecule has 1 fully saturated rings. The third-order valence-corrected chi connectivity index (χ3v) is 6.81. The molecule has 1 amide bonds. The van der Waals surface area contributed by atoms with Gasteiger partial charge in [-0.15, -0.1) is 0 Å². The topological polar surface area (TPSA) is 74.2 Å². The highest BCUT2D eigenvalue weighted by molar-refractivity contribution is 6.33. The number of amides is 1. The molecular formula is C28H34ClFN6O. The summed E-state index contributed by atoms with van der Waals surface area (Å²) in [5.41, 5.74) is 2.05. The number of benzene rings is 1. The fourth-order valence-electron chi connectivity index (χ4n) is 4.55. The molecule has 1 aliphatic rings. The normalized spacial score (nSPS) is 16.5. The van der Waals surface area contributed by atoms with Gasteiger partial charge in [-0.3, -0.25) is 14.8 Å². The smallest absolute Gasteiger partial charge is 0.234 e. The first-order chi connectivity index (χ1) is 17.6. The van der Waals surface area contributed by atoms with Crippen LogP contribution in [0, 0.1) is 0 Å². The molecule has 1 aromatic carbocycles. The maximum atomic E-state index is 14.4. The minimum Gasteiger partial charge on any atom is -0.355 e. The molecule has 7 nitrogen and oxygen atoms in total. The van der Waals surface area contributed by atoms with E-state index in [0.717, 1.165) is 49.3 Å². The maximum absolute atomic E-state index is 14.4. The summed E-state index contributed by atoms with van der Waals surface area (Å²) in [5.74, 6) is 0.804. The van der Waals surface area contributed by atoms with Crippen LogP contribution < -0.4 is 10.2 Å². The number of carbonyl (C=O) groups excluding carboxylic acids is 1. The van der Waals surface area contributed by atoms with E-state index in [2.05, 4.69) is 15.2 Å². The molecule has 0 bridgehead atoms.